The van der Waals surface area contributed by atoms with Gasteiger partial charge in [0.1, 0.15) is 5.70 Å². The number of urea groups is 1. The van der Waals surface area contributed by atoms with Crippen molar-refractivity contribution in [2.75, 3.05) is 10.6 Å². The Balaban J connectivity index is 1.34. The van der Waals surface area contributed by atoms with E-state index in [0.29, 0.717) is 35.7 Å². The van der Waals surface area contributed by atoms with Crippen LogP contribution in [0, 0.1) is 0 Å². The molecule has 4 aromatic rings. The zero-order chi connectivity index (χ0) is 23.9. The highest BCUT2D eigenvalue weighted by atomic mass is 16.2. The molecule has 12 heteroatoms. The molecule has 1 saturated heterocycles. The van der Waals surface area contributed by atoms with Gasteiger partial charge in [0.25, 0.3) is 5.91 Å². The van der Waals surface area contributed by atoms with Crippen molar-refractivity contribution in [3.05, 3.63) is 59.7 Å². The van der Waals surface area contributed by atoms with Crippen LogP contribution in [0.25, 0.3) is 22.9 Å². The summed E-state index contributed by atoms with van der Waals surface area (Å²) in [5, 5.41) is 20.1. The van der Waals surface area contributed by atoms with Crippen molar-refractivity contribution in [3.8, 4) is 11.1 Å². The van der Waals surface area contributed by atoms with E-state index in [1.165, 1.54) is 0 Å². The Labute approximate surface area is 199 Å². The second-order valence-corrected chi connectivity index (χ2v) is 8.50. The highest BCUT2D eigenvalue weighted by molar-refractivity contribution is 6.14. The average Bonchev–Trinajstić information content (AvgIpc) is 3.25. The molecule has 3 amide bonds. The van der Waals surface area contributed by atoms with Gasteiger partial charge in [0, 0.05) is 37.0 Å². The lowest BCUT2D eigenvalue weighted by Gasteiger charge is -2.12. The number of benzene rings is 1. The Morgan fingerprint density at radius 2 is 1.97 bits per heavy atom. The first-order valence-corrected chi connectivity index (χ1v) is 11.2. The first-order valence-electron chi connectivity index (χ1n) is 11.2. The number of nitrogens with zero attached hydrogens (tertiary/aromatic N) is 6. The predicted molar refractivity (Wildman–Crippen MR) is 128 cm³/mol. The Morgan fingerprint density at radius 1 is 1.11 bits per heavy atom. The smallest absolute Gasteiger partial charge is 0.326 e. The van der Waals surface area contributed by atoms with Gasteiger partial charge in [-0.05, 0) is 30.0 Å². The summed E-state index contributed by atoms with van der Waals surface area (Å²) in [4.78, 5) is 32.8. The van der Waals surface area contributed by atoms with Crippen LogP contribution in [0.4, 0.5) is 16.7 Å². The van der Waals surface area contributed by atoms with Crippen LogP contribution >= 0.6 is 0 Å². The lowest BCUT2D eigenvalue weighted by atomic mass is 10.0. The third-order valence-electron chi connectivity index (χ3n) is 5.80. The number of rotatable bonds is 7. The molecular weight excluding hydrogens is 448 g/mol. The average molecular weight is 470 g/mol. The van der Waals surface area contributed by atoms with Crippen molar-refractivity contribution in [2.24, 2.45) is 7.05 Å². The molecule has 176 valence electrons. The van der Waals surface area contributed by atoms with Gasteiger partial charge in [-0.1, -0.05) is 24.3 Å². The van der Waals surface area contributed by atoms with Crippen molar-refractivity contribution >= 4 is 35.6 Å². The molecule has 1 aliphatic carbocycles. The molecule has 0 unspecified atom stereocenters. The highest BCUT2D eigenvalue weighted by Gasteiger charge is 2.26. The van der Waals surface area contributed by atoms with Crippen molar-refractivity contribution in [2.45, 2.75) is 25.4 Å². The third kappa shape index (κ3) is 4.16. The fourth-order valence-electron chi connectivity index (χ4n) is 3.91. The van der Waals surface area contributed by atoms with E-state index in [2.05, 4.69) is 47.5 Å². The summed E-state index contributed by atoms with van der Waals surface area (Å²) >= 11 is 0. The maximum atomic E-state index is 12.0. The SMILES string of the molecule is Cn1cc(-c2ccccc2CNc2nc(NC3CC3)n3ncc(/C=C4\NC(=O)NC4=O)c3n2)cn1. The Kier molecular flexibility index (Phi) is 4.90. The second-order valence-electron chi connectivity index (χ2n) is 8.50. The quantitative estimate of drug-likeness (QED) is 0.237. The van der Waals surface area contributed by atoms with E-state index < -0.39 is 11.9 Å². The first-order chi connectivity index (χ1) is 17.0. The molecule has 1 saturated carbocycles. The van der Waals surface area contributed by atoms with Crippen molar-refractivity contribution in [3.63, 3.8) is 0 Å². The number of carbonyl (C=O) groups is 2. The van der Waals surface area contributed by atoms with Gasteiger partial charge in [0.05, 0.1) is 12.4 Å². The standard InChI is InChI=1S/C23H22N10O2/c1-32-12-15(11-25-32)17-5-3-2-4-13(17)9-24-21-29-19-14(8-18-20(34)30-23(35)28-18)10-26-33(19)22(31-21)27-16-6-7-16/h2-5,8,10-12,16H,6-7,9H2,1H3,(H2,24,27,29,31)(H2,28,30,34,35)/b18-8-. The number of aryl methyl sites for hydroxylation is 1. The van der Waals surface area contributed by atoms with Gasteiger partial charge < -0.3 is 16.0 Å². The van der Waals surface area contributed by atoms with Crippen LogP contribution in [0.1, 0.15) is 24.0 Å². The predicted octanol–water partition coefficient (Wildman–Crippen LogP) is 1.89. The molecular formula is C23H22N10O2. The number of carbonyl (C=O) groups excluding carboxylic acids is 2. The maximum absolute atomic E-state index is 12.0. The number of hydrogen-bond donors (Lipinski definition) is 4. The van der Waals surface area contributed by atoms with E-state index in [0.717, 1.165) is 29.5 Å². The molecule has 0 spiro atoms. The lowest BCUT2D eigenvalue weighted by Crippen LogP contribution is -2.22. The molecule has 35 heavy (non-hydrogen) atoms. The number of fused-ring (bicyclic) bond motifs is 1. The largest absolute Gasteiger partial charge is 0.351 e. The Morgan fingerprint density at radius 3 is 2.71 bits per heavy atom. The fourth-order valence-corrected chi connectivity index (χ4v) is 3.91. The van der Waals surface area contributed by atoms with Crippen molar-refractivity contribution in [1.29, 1.82) is 0 Å². The molecule has 4 heterocycles. The van der Waals surface area contributed by atoms with Gasteiger partial charge in [-0.3, -0.25) is 14.8 Å². The minimum Gasteiger partial charge on any atom is -0.351 e. The van der Waals surface area contributed by atoms with Crippen LogP contribution in [-0.2, 0) is 18.4 Å². The van der Waals surface area contributed by atoms with Crippen molar-refractivity contribution < 1.29 is 9.59 Å². The van der Waals surface area contributed by atoms with Gasteiger partial charge in [0.15, 0.2) is 5.65 Å². The summed E-state index contributed by atoms with van der Waals surface area (Å²) in [6.45, 7) is 0.493. The fraction of sp³-hybridized carbons (Fsp3) is 0.217. The summed E-state index contributed by atoms with van der Waals surface area (Å²) in [6, 6.07) is 7.88. The summed E-state index contributed by atoms with van der Waals surface area (Å²) in [5.74, 6) is 0.483. The van der Waals surface area contributed by atoms with E-state index in [1.54, 1.807) is 21.5 Å². The number of imide groups is 1. The number of aromatic nitrogens is 6. The number of amides is 3. The molecule has 2 fully saturated rings. The Bertz CT molecular complexity index is 1500. The maximum Gasteiger partial charge on any atom is 0.326 e. The van der Waals surface area contributed by atoms with Gasteiger partial charge in [-0.2, -0.15) is 24.7 Å². The monoisotopic (exact) mass is 470 g/mol. The van der Waals surface area contributed by atoms with Crippen molar-refractivity contribution in [1.82, 2.24) is 40.0 Å². The Hall–Kier alpha value is -4.74. The summed E-state index contributed by atoms with van der Waals surface area (Å²) in [5.41, 5.74) is 4.40. The number of nitrogens with one attached hydrogen (secondary N) is 4. The molecule has 6 rings (SSSR count). The van der Waals surface area contributed by atoms with Gasteiger partial charge >= 0.3 is 6.03 Å². The highest BCUT2D eigenvalue weighted by Crippen LogP contribution is 2.27. The topological polar surface area (TPSA) is 143 Å². The molecule has 2 aliphatic rings. The van der Waals surface area contributed by atoms with E-state index >= 15 is 0 Å². The zero-order valence-corrected chi connectivity index (χ0v) is 18.8. The van der Waals surface area contributed by atoms with E-state index in [-0.39, 0.29) is 5.70 Å². The minimum atomic E-state index is -0.557. The van der Waals surface area contributed by atoms with Crippen LogP contribution in [0.15, 0.2) is 48.6 Å². The van der Waals surface area contributed by atoms with Gasteiger partial charge in [0.2, 0.25) is 11.9 Å². The molecule has 1 aliphatic heterocycles. The third-order valence-corrected chi connectivity index (χ3v) is 5.80. The van der Waals surface area contributed by atoms with Crippen LogP contribution in [0.2, 0.25) is 0 Å². The van der Waals surface area contributed by atoms with E-state index in [4.69, 9.17) is 0 Å². The van der Waals surface area contributed by atoms with Crippen LogP contribution in [-0.4, -0.2) is 47.3 Å². The summed E-state index contributed by atoms with van der Waals surface area (Å²) in [6.07, 6.45) is 9.09. The number of anilines is 2. The second kappa shape index (κ2) is 8.24. The van der Waals surface area contributed by atoms with Crippen LogP contribution < -0.4 is 21.3 Å². The van der Waals surface area contributed by atoms with Crippen LogP contribution in [0.3, 0.4) is 0 Å². The molecule has 0 atom stereocenters. The minimum absolute atomic E-state index is 0.139. The zero-order valence-electron chi connectivity index (χ0n) is 18.8. The lowest BCUT2D eigenvalue weighted by molar-refractivity contribution is -0.115. The summed E-state index contributed by atoms with van der Waals surface area (Å²) < 4.78 is 3.38. The van der Waals surface area contributed by atoms with Crippen LogP contribution in [0.5, 0.6) is 0 Å². The van der Waals surface area contributed by atoms with Gasteiger partial charge in [-0.25, -0.2) is 4.79 Å². The van der Waals surface area contributed by atoms with Gasteiger partial charge in [-0.15, -0.1) is 0 Å². The van der Waals surface area contributed by atoms with E-state index in [9.17, 15) is 9.59 Å². The molecule has 4 N–H and O–H groups in total. The first kappa shape index (κ1) is 20.8. The molecule has 12 nitrogen and oxygen atoms in total. The normalized spacial score (nSPS) is 16.5. The number of hydrogen-bond acceptors (Lipinski definition) is 8. The molecule has 0 radical (unpaired) electrons. The molecule has 0 bridgehead atoms. The molecule has 1 aromatic carbocycles. The van der Waals surface area contributed by atoms with E-state index in [1.807, 2.05) is 37.6 Å². The molecule has 3 aromatic heterocycles. The summed E-state index contributed by atoms with van der Waals surface area (Å²) in [7, 11) is 1.89.